The van der Waals surface area contributed by atoms with E-state index in [9.17, 15) is 8.42 Å². The highest BCUT2D eigenvalue weighted by atomic mass is 32.2. The van der Waals surface area contributed by atoms with Crippen molar-refractivity contribution in [1.82, 2.24) is 0 Å². The fraction of sp³-hybridized carbons (Fsp3) is 0.250. The van der Waals surface area contributed by atoms with Crippen LogP contribution in [0.25, 0.3) is 0 Å². The lowest BCUT2D eigenvalue weighted by Gasteiger charge is -2.25. The van der Waals surface area contributed by atoms with E-state index in [4.69, 9.17) is 5.73 Å². The van der Waals surface area contributed by atoms with Crippen LogP contribution in [0.5, 0.6) is 0 Å². The van der Waals surface area contributed by atoms with E-state index in [1.165, 1.54) is 4.31 Å². The summed E-state index contributed by atoms with van der Waals surface area (Å²) in [4.78, 5) is 0.299. The number of benzene rings is 2. The third kappa shape index (κ3) is 2.74. The van der Waals surface area contributed by atoms with Gasteiger partial charge in [0.15, 0.2) is 0 Å². The van der Waals surface area contributed by atoms with Gasteiger partial charge in [-0.3, -0.25) is 4.31 Å². The fourth-order valence-electron chi connectivity index (χ4n) is 2.43. The molecule has 2 aromatic carbocycles. The first-order chi connectivity index (χ1) is 9.89. The highest BCUT2D eigenvalue weighted by Crippen LogP contribution is 2.30. The van der Waals surface area contributed by atoms with Crippen LogP contribution in [0.2, 0.25) is 0 Å². The van der Waals surface area contributed by atoms with Crippen molar-refractivity contribution in [2.45, 2.75) is 25.7 Å². The Balaban J connectivity index is 2.64. The summed E-state index contributed by atoms with van der Waals surface area (Å²) in [5, 5.41) is 0. The number of para-hydroxylation sites is 1. The van der Waals surface area contributed by atoms with Crippen molar-refractivity contribution in [2.24, 2.45) is 0 Å². The molecule has 0 fully saturated rings. The van der Waals surface area contributed by atoms with Crippen LogP contribution in [0, 0.1) is 13.8 Å². The van der Waals surface area contributed by atoms with Gasteiger partial charge in [-0.2, -0.15) is 0 Å². The van der Waals surface area contributed by atoms with Gasteiger partial charge in [0.2, 0.25) is 0 Å². The van der Waals surface area contributed by atoms with Gasteiger partial charge in [-0.25, -0.2) is 8.42 Å². The molecule has 0 aliphatic rings. The maximum absolute atomic E-state index is 13.0. The average molecular weight is 304 g/mol. The summed E-state index contributed by atoms with van der Waals surface area (Å²) < 4.78 is 27.5. The van der Waals surface area contributed by atoms with Gasteiger partial charge < -0.3 is 5.73 Å². The summed E-state index contributed by atoms with van der Waals surface area (Å²) in [6.45, 7) is 5.72. The van der Waals surface area contributed by atoms with Crippen LogP contribution in [-0.4, -0.2) is 15.0 Å². The van der Waals surface area contributed by atoms with E-state index < -0.39 is 10.0 Å². The number of hydrogen-bond donors (Lipinski definition) is 1. The predicted molar refractivity (Wildman–Crippen MR) is 87.0 cm³/mol. The van der Waals surface area contributed by atoms with E-state index in [2.05, 4.69) is 0 Å². The van der Waals surface area contributed by atoms with Gasteiger partial charge in [0.25, 0.3) is 10.0 Å². The van der Waals surface area contributed by atoms with Gasteiger partial charge >= 0.3 is 0 Å². The Labute approximate surface area is 126 Å². The fourth-order valence-corrected chi connectivity index (χ4v) is 4.37. The molecule has 0 unspecified atom stereocenters. The summed E-state index contributed by atoms with van der Waals surface area (Å²) in [5.74, 6) is 0. The van der Waals surface area contributed by atoms with Crippen molar-refractivity contribution in [1.29, 1.82) is 0 Å². The standard InChI is InChI=1S/C16H20N2O2S/c1-4-18(14-8-6-5-7-9-14)21(19,20)16-12(2)10-11-15(17)13(16)3/h5-11H,4,17H2,1-3H3. The summed E-state index contributed by atoms with van der Waals surface area (Å²) in [5.41, 5.74) is 8.33. The Morgan fingerprint density at radius 3 is 2.24 bits per heavy atom. The Kier molecular flexibility index (Phi) is 4.23. The zero-order chi connectivity index (χ0) is 15.6. The molecule has 0 aliphatic carbocycles. The maximum Gasteiger partial charge on any atom is 0.264 e. The highest BCUT2D eigenvalue weighted by Gasteiger charge is 2.27. The first-order valence-corrected chi connectivity index (χ1v) is 8.27. The molecule has 0 radical (unpaired) electrons. The van der Waals surface area contributed by atoms with Crippen molar-refractivity contribution in [2.75, 3.05) is 16.6 Å². The lowest BCUT2D eigenvalue weighted by molar-refractivity contribution is 0.590. The summed E-state index contributed by atoms with van der Waals surface area (Å²) in [6.07, 6.45) is 0. The molecule has 0 aliphatic heterocycles. The first-order valence-electron chi connectivity index (χ1n) is 6.83. The van der Waals surface area contributed by atoms with E-state index in [0.29, 0.717) is 33.9 Å². The topological polar surface area (TPSA) is 63.4 Å². The second kappa shape index (κ2) is 5.77. The minimum Gasteiger partial charge on any atom is -0.398 e. The molecule has 2 aromatic rings. The van der Waals surface area contributed by atoms with E-state index in [-0.39, 0.29) is 0 Å². The Hall–Kier alpha value is -2.01. The van der Waals surface area contributed by atoms with Gasteiger partial charge in [0.1, 0.15) is 0 Å². The molecule has 112 valence electrons. The SMILES string of the molecule is CCN(c1ccccc1)S(=O)(=O)c1c(C)ccc(N)c1C. The molecule has 0 bridgehead atoms. The summed E-state index contributed by atoms with van der Waals surface area (Å²) >= 11 is 0. The molecule has 21 heavy (non-hydrogen) atoms. The number of nitrogen functional groups attached to an aromatic ring is 1. The van der Waals surface area contributed by atoms with Crippen molar-refractivity contribution in [3.8, 4) is 0 Å². The molecule has 0 spiro atoms. The summed E-state index contributed by atoms with van der Waals surface area (Å²) in [7, 11) is -3.63. The van der Waals surface area contributed by atoms with Crippen molar-refractivity contribution in [3.05, 3.63) is 53.6 Å². The third-order valence-corrected chi connectivity index (χ3v) is 5.72. The second-order valence-corrected chi connectivity index (χ2v) is 6.73. The van der Waals surface area contributed by atoms with Crippen LogP contribution in [0.4, 0.5) is 11.4 Å². The highest BCUT2D eigenvalue weighted by molar-refractivity contribution is 7.93. The van der Waals surface area contributed by atoms with Crippen LogP contribution in [0.1, 0.15) is 18.1 Å². The van der Waals surface area contributed by atoms with Crippen LogP contribution >= 0.6 is 0 Å². The molecule has 0 atom stereocenters. The van der Waals surface area contributed by atoms with Crippen molar-refractivity contribution < 1.29 is 8.42 Å². The largest absolute Gasteiger partial charge is 0.398 e. The van der Waals surface area contributed by atoms with Gasteiger partial charge in [0.05, 0.1) is 10.6 Å². The molecular weight excluding hydrogens is 284 g/mol. The van der Waals surface area contributed by atoms with Gasteiger partial charge in [-0.15, -0.1) is 0 Å². The van der Waals surface area contributed by atoms with Gasteiger partial charge in [-0.1, -0.05) is 24.3 Å². The minimum absolute atomic E-state index is 0.299. The second-order valence-electron chi connectivity index (χ2n) is 4.93. The molecule has 0 saturated carbocycles. The maximum atomic E-state index is 13.0. The van der Waals surface area contributed by atoms with E-state index in [1.54, 1.807) is 38.1 Å². The molecule has 4 nitrogen and oxygen atoms in total. The molecular formula is C16H20N2O2S. The molecule has 5 heteroatoms. The number of nitrogens with zero attached hydrogens (tertiary/aromatic N) is 1. The molecule has 0 aromatic heterocycles. The van der Waals surface area contributed by atoms with E-state index in [0.717, 1.165) is 0 Å². The van der Waals surface area contributed by atoms with E-state index in [1.807, 2.05) is 25.1 Å². The zero-order valence-electron chi connectivity index (χ0n) is 12.5. The Bertz CT molecular complexity index is 740. The normalized spacial score (nSPS) is 11.4. The van der Waals surface area contributed by atoms with E-state index >= 15 is 0 Å². The molecule has 0 amide bonds. The van der Waals surface area contributed by atoms with Crippen molar-refractivity contribution in [3.63, 3.8) is 0 Å². The number of sulfonamides is 1. The average Bonchev–Trinajstić information content (AvgIpc) is 2.45. The Morgan fingerprint density at radius 2 is 1.67 bits per heavy atom. The van der Waals surface area contributed by atoms with Gasteiger partial charge in [-0.05, 0) is 50.1 Å². The van der Waals surface area contributed by atoms with Crippen LogP contribution in [0.3, 0.4) is 0 Å². The number of nitrogens with two attached hydrogens (primary N) is 1. The minimum atomic E-state index is -3.63. The smallest absolute Gasteiger partial charge is 0.264 e. The molecule has 2 rings (SSSR count). The monoisotopic (exact) mass is 304 g/mol. The third-order valence-electron chi connectivity index (χ3n) is 3.52. The molecule has 0 heterocycles. The van der Waals surface area contributed by atoms with Crippen LogP contribution < -0.4 is 10.0 Å². The zero-order valence-corrected chi connectivity index (χ0v) is 13.3. The predicted octanol–water partition coefficient (Wildman–Crippen LogP) is 3.10. The lowest BCUT2D eigenvalue weighted by Crippen LogP contribution is -2.32. The molecule has 2 N–H and O–H groups in total. The summed E-state index contributed by atoms with van der Waals surface area (Å²) in [6, 6.07) is 12.6. The molecule has 0 saturated heterocycles. The first kappa shape index (κ1) is 15.4. The van der Waals surface area contributed by atoms with Crippen LogP contribution in [0.15, 0.2) is 47.4 Å². The van der Waals surface area contributed by atoms with Gasteiger partial charge in [0, 0.05) is 12.2 Å². The number of hydrogen-bond acceptors (Lipinski definition) is 3. The quantitative estimate of drug-likeness (QED) is 0.883. The number of rotatable bonds is 4. The number of aryl methyl sites for hydroxylation is 1. The lowest BCUT2D eigenvalue weighted by atomic mass is 10.1. The Morgan fingerprint density at radius 1 is 1.05 bits per heavy atom. The van der Waals surface area contributed by atoms with Crippen molar-refractivity contribution >= 4 is 21.4 Å². The number of anilines is 2. The van der Waals surface area contributed by atoms with Crippen LogP contribution in [-0.2, 0) is 10.0 Å².